The van der Waals surface area contributed by atoms with Crippen LogP contribution in [0, 0.1) is 5.92 Å². The fourth-order valence-corrected chi connectivity index (χ4v) is 2.49. The molecule has 0 amide bonds. The molecule has 2 rings (SSSR count). The van der Waals surface area contributed by atoms with E-state index in [1.54, 1.807) is 11.3 Å². The molecule has 1 heterocycles. The van der Waals surface area contributed by atoms with Crippen LogP contribution in [0.15, 0.2) is 5.38 Å². The summed E-state index contributed by atoms with van der Waals surface area (Å²) in [4.78, 5) is 6.44. The van der Waals surface area contributed by atoms with Crippen molar-refractivity contribution in [1.82, 2.24) is 4.98 Å². The summed E-state index contributed by atoms with van der Waals surface area (Å²) >= 11 is 7.38. The molecule has 4 heteroatoms. The lowest BCUT2D eigenvalue weighted by Gasteiger charge is -2.29. The zero-order chi connectivity index (χ0) is 9.26. The van der Waals surface area contributed by atoms with Crippen molar-refractivity contribution >= 4 is 28.1 Å². The Morgan fingerprint density at radius 2 is 2.46 bits per heavy atom. The second-order valence-corrected chi connectivity index (χ2v) is 4.85. The highest BCUT2D eigenvalue weighted by Gasteiger charge is 2.20. The third kappa shape index (κ3) is 2.15. The maximum absolute atomic E-state index is 5.76. The average molecular weight is 217 g/mol. The summed E-state index contributed by atoms with van der Waals surface area (Å²) in [6, 6.07) is 0. The molecule has 0 unspecified atom stereocenters. The second kappa shape index (κ2) is 3.84. The molecule has 0 bridgehead atoms. The topological polar surface area (TPSA) is 16.1 Å². The minimum absolute atomic E-state index is 0.612. The number of halogens is 1. The summed E-state index contributed by atoms with van der Waals surface area (Å²) in [5.74, 6) is 0.882. The minimum atomic E-state index is 0.612. The van der Waals surface area contributed by atoms with Gasteiger partial charge in [-0.1, -0.05) is 18.0 Å². The van der Waals surface area contributed by atoms with Crippen LogP contribution < -0.4 is 4.90 Å². The molecule has 1 saturated carbocycles. The fraction of sp³-hybridized carbons (Fsp3) is 0.667. The lowest BCUT2D eigenvalue weighted by molar-refractivity contribution is 0.321. The van der Waals surface area contributed by atoms with Gasteiger partial charge in [0.1, 0.15) is 5.15 Å². The summed E-state index contributed by atoms with van der Waals surface area (Å²) in [6.45, 7) is 1.13. The molecule has 0 N–H and O–H groups in total. The molecule has 1 aromatic heterocycles. The molecule has 1 aliphatic rings. The SMILES string of the molecule is CN(CC1CCC1)c1nc(Cl)cs1. The van der Waals surface area contributed by atoms with Gasteiger partial charge in [0.15, 0.2) is 5.13 Å². The Kier molecular flexibility index (Phi) is 2.74. The van der Waals surface area contributed by atoms with Gasteiger partial charge in [0.2, 0.25) is 0 Å². The molecule has 13 heavy (non-hydrogen) atoms. The predicted molar refractivity (Wildman–Crippen MR) is 57.7 cm³/mol. The van der Waals surface area contributed by atoms with Crippen LogP contribution in [-0.4, -0.2) is 18.6 Å². The van der Waals surface area contributed by atoms with Crippen molar-refractivity contribution in [2.75, 3.05) is 18.5 Å². The van der Waals surface area contributed by atoms with Gasteiger partial charge in [-0.05, 0) is 18.8 Å². The quantitative estimate of drug-likeness (QED) is 0.772. The van der Waals surface area contributed by atoms with Gasteiger partial charge in [-0.15, -0.1) is 11.3 Å². The van der Waals surface area contributed by atoms with Gasteiger partial charge in [0, 0.05) is 19.0 Å². The first-order valence-corrected chi connectivity index (χ1v) is 5.83. The first-order chi connectivity index (χ1) is 6.25. The van der Waals surface area contributed by atoms with E-state index in [4.69, 9.17) is 11.6 Å². The first kappa shape index (κ1) is 9.28. The van der Waals surface area contributed by atoms with E-state index in [2.05, 4.69) is 16.9 Å². The minimum Gasteiger partial charge on any atom is -0.351 e. The number of rotatable bonds is 3. The molecule has 1 aliphatic carbocycles. The second-order valence-electron chi connectivity index (χ2n) is 3.63. The molecule has 72 valence electrons. The van der Waals surface area contributed by atoms with E-state index < -0.39 is 0 Å². The molecule has 1 aromatic rings. The molecule has 0 aromatic carbocycles. The van der Waals surface area contributed by atoms with Crippen LogP contribution in [0.4, 0.5) is 5.13 Å². The lowest BCUT2D eigenvalue weighted by atomic mass is 9.85. The Labute approximate surface area is 87.5 Å². The molecular weight excluding hydrogens is 204 g/mol. The third-order valence-electron chi connectivity index (χ3n) is 2.55. The number of hydrogen-bond donors (Lipinski definition) is 0. The van der Waals surface area contributed by atoms with Gasteiger partial charge >= 0.3 is 0 Å². The van der Waals surface area contributed by atoms with Crippen LogP contribution in [0.25, 0.3) is 0 Å². The zero-order valence-electron chi connectivity index (χ0n) is 7.66. The number of anilines is 1. The standard InChI is InChI=1S/C9H13ClN2S/c1-12(5-7-3-2-4-7)9-11-8(10)6-13-9/h6-7H,2-5H2,1H3. The normalized spacial score (nSPS) is 17.1. The van der Waals surface area contributed by atoms with Crippen molar-refractivity contribution in [2.24, 2.45) is 5.92 Å². The highest BCUT2D eigenvalue weighted by Crippen LogP contribution is 2.29. The van der Waals surface area contributed by atoms with Crippen molar-refractivity contribution in [3.8, 4) is 0 Å². The lowest BCUT2D eigenvalue weighted by Crippen LogP contribution is -2.29. The molecule has 0 radical (unpaired) electrons. The first-order valence-electron chi connectivity index (χ1n) is 4.58. The summed E-state index contributed by atoms with van der Waals surface area (Å²) in [7, 11) is 2.09. The highest BCUT2D eigenvalue weighted by molar-refractivity contribution is 7.14. The van der Waals surface area contributed by atoms with Crippen molar-refractivity contribution < 1.29 is 0 Å². The van der Waals surface area contributed by atoms with E-state index in [0.29, 0.717) is 5.15 Å². The monoisotopic (exact) mass is 216 g/mol. The van der Waals surface area contributed by atoms with Gasteiger partial charge in [-0.2, -0.15) is 0 Å². The number of aromatic nitrogens is 1. The maximum atomic E-state index is 5.76. The van der Waals surface area contributed by atoms with Crippen LogP contribution in [0.3, 0.4) is 0 Å². The van der Waals surface area contributed by atoms with E-state index >= 15 is 0 Å². The summed E-state index contributed by atoms with van der Waals surface area (Å²) in [6.07, 6.45) is 4.16. The highest BCUT2D eigenvalue weighted by atomic mass is 35.5. The molecule has 0 atom stereocenters. The summed E-state index contributed by atoms with van der Waals surface area (Å²) in [5, 5.41) is 3.53. The Balaban J connectivity index is 1.92. The predicted octanol–water partition coefficient (Wildman–Crippen LogP) is 3.03. The van der Waals surface area contributed by atoms with Crippen LogP contribution in [-0.2, 0) is 0 Å². The molecule has 0 saturated heterocycles. The molecular formula is C9H13ClN2S. The van der Waals surface area contributed by atoms with Crippen LogP contribution >= 0.6 is 22.9 Å². The van der Waals surface area contributed by atoms with E-state index in [0.717, 1.165) is 17.6 Å². The van der Waals surface area contributed by atoms with E-state index in [1.165, 1.54) is 19.3 Å². The molecule has 0 spiro atoms. The maximum Gasteiger partial charge on any atom is 0.186 e. The largest absolute Gasteiger partial charge is 0.351 e. The van der Waals surface area contributed by atoms with E-state index in [-0.39, 0.29) is 0 Å². The van der Waals surface area contributed by atoms with Crippen molar-refractivity contribution in [3.05, 3.63) is 10.5 Å². The molecule has 2 nitrogen and oxygen atoms in total. The zero-order valence-corrected chi connectivity index (χ0v) is 9.24. The van der Waals surface area contributed by atoms with Crippen molar-refractivity contribution in [3.63, 3.8) is 0 Å². The number of thiazole rings is 1. The van der Waals surface area contributed by atoms with Gasteiger partial charge in [-0.3, -0.25) is 0 Å². The fourth-order valence-electron chi connectivity index (χ4n) is 1.56. The van der Waals surface area contributed by atoms with Gasteiger partial charge in [-0.25, -0.2) is 4.98 Å². The van der Waals surface area contributed by atoms with Crippen molar-refractivity contribution in [2.45, 2.75) is 19.3 Å². The van der Waals surface area contributed by atoms with Gasteiger partial charge < -0.3 is 4.90 Å². The number of hydrogen-bond acceptors (Lipinski definition) is 3. The van der Waals surface area contributed by atoms with E-state index in [9.17, 15) is 0 Å². The Morgan fingerprint density at radius 3 is 2.92 bits per heavy atom. The van der Waals surface area contributed by atoms with Crippen LogP contribution in [0.2, 0.25) is 5.15 Å². The van der Waals surface area contributed by atoms with Gasteiger partial charge in [0.05, 0.1) is 0 Å². The Morgan fingerprint density at radius 1 is 1.69 bits per heavy atom. The average Bonchev–Trinajstić information content (AvgIpc) is 2.44. The Bertz CT molecular complexity index is 283. The summed E-state index contributed by atoms with van der Waals surface area (Å²) in [5.41, 5.74) is 0. The van der Waals surface area contributed by atoms with Crippen LogP contribution in [0.1, 0.15) is 19.3 Å². The third-order valence-corrected chi connectivity index (χ3v) is 3.83. The van der Waals surface area contributed by atoms with Crippen molar-refractivity contribution in [1.29, 1.82) is 0 Å². The Hall–Kier alpha value is -0.280. The van der Waals surface area contributed by atoms with E-state index in [1.807, 2.05) is 5.38 Å². The summed E-state index contributed by atoms with van der Waals surface area (Å²) < 4.78 is 0. The van der Waals surface area contributed by atoms with Crippen LogP contribution in [0.5, 0.6) is 0 Å². The molecule has 0 aliphatic heterocycles. The van der Waals surface area contributed by atoms with Gasteiger partial charge in [0.25, 0.3) is 0 Å². The smallest absolute Gasteiger partial charge is 0.186 e. The molecule has 1 fully saturated rings. The number of nitrogens with zero attached hydrogens (tertiary/aromatic N) is 2.